The molecule has 184 valence electrons. The van der Waals surface area contributed by atoms with Crippen molar-refractivity contribution in [3.63, 3.8) is 0 Å². The van der Waals surface area contributed by atoms with Crippen LogP contribution in [0.15, 0.2) is 47.4 Å². The summed E-state index contributed by atoms with van der Waals surface area (Å²) >= 11 is 4.64. The third-order valence-electron chi connectivity index (χ3n) is 4.83. The van der Waals surface area contributed by atoms with E-state index < -0.39 is 28.8 Å². The summed E-state index contributed by atoms with van der Waals surface area (Å²) in [5, 5.41) is 22.7. The Bertz CT molecular complexity index is 992. The van der Waals surface area contributed by atoms with Gasteiger partial charge in [-0.1, -0.05) is 28.8 Å². The van der Waals surface area contributed by atoms with E-state index in [0.717, 1.165) is 47.7 Å². The molecule has 2 N–H and O–H groups in total. The summed E-state index contributed by atoms with van der Waals surface area (Å²) in [6.45, 7) is 1.92. The average Bonchev–Trinajstić information content (AvgIpc) is 2.80. The van der Waals surface area contributed by atoms with Crippen molar-refractivity contribution in [2.45, 2.75) is 49.3 Å². The number of nitrogens with zero attached hydrogens (tertiary/aromatic N) is 1. The first-order valence-electron chi connectivity index (χ1n) is 10.6. The van der Waals surface area contributed by atoms with Crippen LogP contribution in [-0.4, -0.2) is 34.3 Å². The molecule has 10 heteroatoms. The quantitative estimate of drug-likeness (QED) is 0.179. The number of anilines is 1. The summed E-state index contributed by atoms with van der Waals surface area (Å²) in [7, 11) is 0. The fraction of sp³-hybridized carbons (Fsp3) is 0.417. The minimum atomic E-state index is -4.74. The van der Waals surface area contributed by atoms with E-state index in [1.807, 2.05) is 24.3 Å². The molecule has 0 bridgehead atoms. The number of carbonyl (C=O) groups is 1. The average molecular weight is 559 g/mol. The molecule has 0 saturated heterocycles. The molecule has 2 aromatic carbocycles. The lowest BCUT2D eigenvalue weighted by Gasteiger charge is -2.22. The Kier molecular flexibility index (Phi) is 10.7. The van der Waals surface area contributed by atoms with Crippen molar-refractivity contribution in [2.24, 2.45) is 0 Å². The van der Waals surface area contributed by atoms with Gasteiger partial charge >= 0.3 is 6.18 Å². The molecule has 0 spiro atoms. The number of nitrogens with one attached hydrogen (secondary N) is 1. The predicted octanol–water partition coefficient (Wildman–Crippen LogP) is 6.39. The van der Waals surface area contributed by atoms with E-state index in [1.165, 1.54) is 30.8 Å². The highest BCUT2D eigenvalue weighted by atomic mass is 79.9. The number of halogens is 4. The first-order valence-corrected chi connectivity index (χ1v) is 12.7. The monoisotopic (exact) mass is 558 g/mol. The topological polar surface area (TPSA) is 82.3 Å². The van der Waals surface area contributed by atoms with Gasteiger partial charge in [0.15, 0.2) is 0 Å². The van der Waals surface area contributed by atoms with Gasteiger partial charge in [-0.05, 0) is 62.2 Å². The fourth-order valence-corrected chi connectivity index (χ4v) is 4.19. The van der Waals surface area contributed by atoms with Crippen LogP contribution in [0.4, 0.5) is 18.9 Å². The highest BCUT2D eigenvalue weighted by Crippen LogP contribution is 2.34. The zero-order chi connectivity index (χ0) is 25.2. The molecule has 1 atom stereocenters. The van der Waals surface area contributed by atoms with Crippen molar-refractivity contribution < 1.29 is 27.8 Å². The van der Waals surface area contributed by atoms with Gasteiger partial charge in [0.2, 0.25) is 0 Å². The summed E-state index contributed by atoms with van der Waals surface area (Å²) in [5.74, 6) is -0.136. The van der Waals surface area contributed by atoms with Crippen molar-refractivity contribution in [1.29, 1.82) is 5.26 Å². The summed E-state index contributed by atoms with van der Waals surface area (Å²) in [4.78, 5) is 13.3. The molecular formula is C24H26BrF3N2O3S. The first kappa shape index (κ1) is 28.0. The Labute approximate surface area is 209 Å². The SMILES string of the molecule is CC(O)(CSc1ccc(OCCCCCCBr)cc1)C(=O)Nc1ccc(C#N)c(C(F)(F)F)c1. The lowest BCUT2D eigenvalue weighted by molar-refractivity contribution is -0.137. The third-order valence-corrected chi connectivity index (χ3v) is 6.71. The molecule has 0 fully saturated rings. The van der Waals surface area contributed by atoms with Crippen LogP contribution in [-0.2, 0) is 11.0 Å². The zero-order valence-corrected chi connectivity index (χ0v) is 21.0. The second-order valence-electron chi connectivity index (χ2n) is 7.81. The summed E-state index contributed by atoms with van der Waals surface area (Å²) in [6, 6.07) is 11.6. The lowest BCUT2D eigenvalue weighted by atomic mass is 10.1. The van der Waals surface area contributed by atoms with E-state index in [1.54, 1.807) is 0 Å². The van der Waals surface area contributed by atoms with Gasteiger partial charge in [-0.2, -0.15) is 18.4 Å². The molecule has 1 amide bonds. The van der Waals surface area contributed by atoms with Crippen LogP contribution in [0.2, 0.25) is 0 Å². The summed E-state index contributed by atoms with van der Waals surface area (Å²) in [5.41, 5.74) is -3.70. The van der Waals surface area contributed by atoms with Crippen LogP contribution in [0, 0.1) is 11.3 Å². The van der Waals surface area contributed by atoms with Crippen molar-refractivity contribution >= 4 is 39.3 Å². The van der Waals surface area contributed by atoms with Crippen molar-refractivity contribution in [2.75, 3.05) is 23.0 Å². The van der Waals surface area contributed by atoms with E-state index in [-0.39, 0.29) is 11.4 Å². The molecule has 0 saturated carbocycles. The Morgan fingerprint density at radius 1 is 1.15 bits per heavy atom. The highest BCUT2D eigenvalue weighted by Gasteiger charge is 2.35. The minimum absolute atomic E-state index is 0.0188. The number of hydrogen-bond donors (Lipinski definition) is 2. The lowest BCUT2D eigenvalue weighted by Crippen LogP contribution is -2.42. The van der Waals surface area contributed by atoms with Crippen LogP contribution < -0.4 is 10.1 Å². The van der Waals surface area contributed by atoms with E-state index in [4.69, 9.17) is 10.00 Å². The smallest absolute Gasteiger partial charge is 0.417 e. The molecule has 0 heterocycles. The molecule has 2 aromatic rings. The molecule has 0 aromatic heterocycles. The van der Waals surface area contributed by atoms with E-state index in [2.05, 4.69) is 21.2 Å². The van der Waals surface area contributed by atoms with Crippen molar-refractivity contribution in [1.82, 2.24) is 0 Å². The maximum atomic E-state index is 13.1. The zero-order valence-electron chi connectivity index (χ0n) is 18.6. The van der Waals surface area contributed by atoms with E-state index in [9.17, 15) is 23.1 Å². The van der Waals surface area contributed by atoms with Crippen LogP contribution in [0.5, 0.6) is 5.75 Å². The minimum Gasteiger partial charge on any atom is -0.494 e. The fourth-order valence-electron chi connectivity index (χ4n) is 2.88. The Hall–Kier alpha value is -2.22. The predicted molar refractivity (Wildman–Crippen MR) is 130 cm³/mol. The number of ether oxygens (including phenoxy) is 1. The van der Waals surface area contributed by atoms with Crippen LogP contribution in [0.3, 0.4) is 0 Å². The number of nitriles is 1. The maximum absolute atomic E-state index is 13.1. The third kappa shape index (κ3) is 8.85. The standard InChI is InChI=1S/C24H26BrF3N2O3S/c1-23(32,22(31)30-18-7-6-17(15-29)21(14-18)24(26,27)28)16-34-20-10-8-19(9-11-20)33-13-5-3-2-4-12-25/h6-11,14,32H,2-5,12-13,16H2,1H3,(H,30,31). The Morgan fingerprint density at radius 2 is 1.82 bits per heavy atom. The van der Waals surface area contributed by atoms with Gasteiger partial charge in [0.05, 0.1) is 23.8 Å². The first-order chi connectivity index (χ1) is 16.1. The molecule has 5 nitrogen and oxygen atoms in total. The molecule has 0 radical (unpaired) electrons. The molecular weight excluding hydrogens is 533 g/mol. The van der Waals surface area contributed by atoms with Crippen molar-refractivity contribution in [3.05, 3.63) is 53.6 Å². The molecule has 0 aliphatic heterocycles. The number of aliphatic hydroxyl groups is 1. The van der Waals surface area contributed by atoms with Crippen LogP contribution in [0.1, 0.15) is 43.7 Å². The van der Waals surface area contributed by atoms with Gasteiger partial charge in [-0.15, -0.1) is 11.8 Å². The highest BCUT2D eigenvalue weighted by molar-refractivity contribution is 9.09. The number of unbranched alkanes of at least 4 members (excludes halogenated alkanes) is 3. The number of amides is 1. The molecule has 2 rings (SSSR count). The normalized spacial score (nSPS) is 13.1. The number of rotatable bonds is 12. The summed E-state index contributed by atoms with van der Waals surface area (Å²) in [6.07, 6.45) is -0.350. The molecule has 34 heavy (non-hydrogen) atoms. The molecule has 1 unspecified atom stereocenters. The van der Waals surface area contributed by atoms with Crippen LogP contribution in [0.25, 0.3) is 0 Å². The number of alkyl halides is 4. The number of hydrogen-bond acceptors (Lipinski definition) is 5. The second kappa shape index (κ2) is 13.0. The van der Waals surface area contributed by atoms with Gasteiger partial charge in [0, 0.05) is 21.7 Å². The van der Waals surface area contributed by atoms with Crippen molar-refractivity contribution in [3.8, 4) is 11.8 Å². The van der Waals surface area contributed by atoms with Gasteiger partial charge in [-0.25, -0.2) is 0 Å². The van der Waals surface area contributed by atoms with Gasteiger partial charge in [0.25, 0.3) is 5.91 Å². The van der Waals surface area contributed by atoms with Gasteiger partial charge in [0.1, 0.15) is 11.4 Å². The van der Waals surface area contributed by atoms with Gasteiger partial charge in [-0.3, -0.25) is 4.79 Å². The molecule has 0 aliphatic rings. The molecule has 0 aliphatic carbocycles. The largest absolute Gasteiger partial charge is 0.494 e. The second-order valence-corrected chi connectivity index (χ2v) is 9.65. The van der Waals surface area contributed by atoms with Gasteiger partial charge < -0.3 is 15.2 Å². The Balaban J connectivity index is 1.89. The summed E-state index contributed by atoms with van der Waals surface area (Å²) < 4.78 is 45.1. The Morgan fingerprint density at radius 3 is 2.44 bits per heavy atom. The number of benzene rings is 2. The number of carbonyl (C=O) groups excluding carboxylic acids is 1. The number of thioether (sulfide) groups is 1. The van der Waals surface area contributed by atoms with E-state index >= 15 is 0 Å². The maximum Gasteiger partial charge on any atom is 0.417 e. The van der Waals surface area contributed by atoms with Crippen LogP contribution >= 0.6 is 27.7 Å². The van der Waals surface area contributed by atoms with E-state index in [0.29, 0.717) is 12.7 Å².